The molecule has 31 heavy (non-hydrogen) atoms. The summed E-state index contributed by atoms with van der Waals surface area (Å²) in [7, 11) is 0. The van der Waals surface area contributed by atoms with Gasteiger partial charge in [0, 0.05) is 24.1 Å². The lowest BCUT2D eigenvalue weighted by Crippen LogP contribution is -2.10. The number of alkyl halides is 3. The summed E-state index contributed by atoms with van der Waals surface area (Å²) in [4.78, 5) is 23.6. The molecule has 8 nitrogen and oxygen atoms in total. The average molecular weight is 425 g/mol. The first-order valence-electron chi connectivity index (χ1n) is 8.90. The van der Waals surface area contributed by atoms with Crippen molar-refractivity contribution in [2.75, 3.05) is 10.6 Å². The second kappa shape index (κ2) is 7.86. The second-order valence-corrected chi connectivity index (χ2v) is 6.28. The zero-order valence-corrected chi connectivity index (χ0v) is 15.8. The van der Waals surface area contributed by atoms with E-state index in [9.17, 15) is 18.0 Å². The molecule has 0 spiro atoms. The van der Waals surface area contributed by atoms with Gasteiger partial charge in [-0.05, 0) is 36.4 Å². The summed E-state index contributed by atoms with van der Waals surface area (Å²) in [5.74, 6) is 0.210. The molecule has 0 bridgehead atoms. The number of nitrogens with one attached hydrogen (secondary N) is 2. The molecule has 0 saturated heterocycles. The van der Waals surface area contributed by atoms with Crippen molar-refractivity contribution in [3.05, 3.63) is 73.2 Å². The lowest BCUT2D eigenvalue weighted by atomic mass is 10.3. The Hall–Kier alpha value is -4.28. The minimum Gasteiger partial charge on any atom is -0.338 e. The van der Waals surface area contributed by atoms with E-state index < -0.39 is 17.8 Å². The van der Waals surface area contributed by atoms with Gasteiger partial charge in [0.05, 0.1) is 0 Å². The molecule has 4 rings (SSSR count). The van der Waals surface area contributed by atoms with Crippen LogP contribution in [0.15, 0.2) is 67.5 Å². The summed E-state index contributed by atoms with van der Waals surface area (Å²) in [6.07, 6.45) is -0.350. The Kier molecular flexibility index (Phi) is 5.07. The highest BCUT2D eigenvalue weighted by atomic mass is 19.4. The first-order chi connectivity index (χ1) is 14.8. The van der Waals surface area contributed by atoms with Crippen LogP contribution in [0.5, 0.6) is 0 Å². The van der Waals surface area contributed by atoms with E-state index >= 15 is 0 Å². The fourth-order valence-corrected chi connectivity index (χ4v) is 2.74. The highest BCUT2D eigenvalue weighted by molar-refractivity contribution is 5.98. The summed E-state index contributed by atoms with van der Waals surface area (Å²) >= 11 is 0. The Labute approximate surface area is 173 Å². The van der Waals surface area contributed by atoms with Gasteiger partial charge in [0.25, 0.3) is 0 Å². The van der Waals surface area contributed by atoms with Gasteiger partial charge in [-0.2, -0.15) is 13.2 Å². The lowest BCUT2D eigenvalue weighted by molar-refractivity contribution is -0.141. The van der Waals surface area contributed by atoms with Gasteiger partial charge < -0.3 is 10.6 Å². The van der Waals surface area contributed by atoms with E-state index in [4.69, 9.17) is 0 Å². The second-order valence-electron chi connectivity index (χ2n) is 6.28. The zero-order chi connectivity index (χ0) is 22.0. The Bertz CT molecular complexity index is 1280. The molecule has 4 heterocycles. The van der Waals surface area contributed by atoms with Gasteiger partial charge in [-0.25, -0.2) is 19.5 Å². The van der Waals surface area contributed by atoms with Gasteiger partial charge >= 0.3 is 6.18 Å². The van der Waals surface area contributed by atoms with Crippen LogP contribution in [-0.2, 0) is 11.0 Å². The molecule has 0 aliphatic rings. The maximum absolute atomic E-state index is 13.0. The standard InChI is InChI=1S/C20H14F3N7O/c1-2-17(31)27-16-11-12(8-9-24-16)25-19-14-6-4-10-30(14)29-18(28-19)13-5-3-7-15(26-13)20(21,22)23/h2-11H,1H2,(H2,24,25,27,28,29,31). The fourth-order valence-electron chi connectivity index (χ4n) is 2.74. The van der Waals surface area contributed by atoms with Crippen molar-refractivity contribution in [1.29, 1.82) is 0 Å². The summed E-state index contributed by atoms with van der Waals surface area (Å²) in [6, 6.07) is 10.2. The molecular formula is C20H14F3N7O. The Morgan fingerprint density at radius 3 is 2.74 bits per heavy atom. The van der Waals surface area contributed by atoms with Crippen LogP contribution in [0.1, 0.15) is 5.69 Å². The van der Waals surface area contributed by atoms with Crippen LogP contribution in [-0.4, -0.2) is 30.5 Å². The Balaban J connectivity index is 1.73. The number of nitrogens with zero attached hydrogens (tertiary/aromatic N) is 5. The Morgan fingerprint density at radius 1 is 1.13 bits per heavy atom. The summed E-state index contributed by atoms with van der Waals surface area (Å²) in [5.41, 5.74) is 0.0675. The number of aromatic nitrogens is 5. The molecular weight excluding hydrogens is 411 g/mol. The van der Waals surface area contributed by atoms with Crippen molar-refractivity contribution in [1.82, 2.24) is 24.6 Å². The minimum atomic E-state index is -4.59. The monoisotopic (exact) mass is 425 g/mol. The van der Waals surface area contributed by atoms with E-state index in [0.717, 1.165) is 12.1 Å². The number of carbonyl (C=O) groups excluding carboxylic acids is 1. The smallest absolute Gasteiger partial charge is 0.338 e. The number of pyridine rings is 2. The molecule has 0 radical (unpaired) electrons. The summed E-state index contributed by atoms with van der Waals surface area (Å²) in [6.45, 7) is 3.38. The molecule has 0 unspecified atom stereocenters. The summed E-state index contributed by atoms with van der Waals surface area (Å²) in [5, 5.41) is 9.88. The normalized spacial score (nSPS) is 11.3. The Morgan fingerprint density at radius 2 is 1.97 bits per heavy atom. The van der Waals surface area contributed by atoms with Crippen molar-refractivity contribution in [3.8, 4) is 11.5 Å². The van der Waals surface area contributed by atoms with Gasteiger partial charge in [-0.15, -0.1) is 5.10 Å². The molecule has 1 amide bonds. The van der Waals surface area contributed by atoms with Crippen LogP contribution >= 0.6 is 0 Å². The predicted molar refractivity (Wildman–Crippen MR) is 108 cm³/mol. The molecule has 0 aliphatic heterocycles. The number of hydrogen-bond donors (Lipinski definition) is 2. The molecule has 0 aromatic carbocycles. The zero-order valence-electron chi connectivity index (χ0n) is 15.8. The van der Waals surface area contributed by atoms with E-state index in [1.165, 1.54) is 22.8 Å². The molecule has 0 atom stereocenters. The van der Waals surface area contributed by atoms with E-state index in [2.05, 4.69) is 37.3 Å². The van der Waals surface area contributed by atoms with Crippen LogP contribution in [0, 0.1) is 0 Å². The molecule has 156 valence electrons. The van der Waals surface area contributed by atoms with Crippen LogP contribution in [0.25, 0.3) is 17.0 Å². The topological polar surface area (TPSA) is 97.1 Å². The van der Waals surface area contributed by atoms with Gasteiger partial charge in [-0.1, -0.05) is 12.6 Å². The summed E-state index contributed by atoms with van der Waals surface area (Å²) < 4.78 is 40.6. The number of halogens is 3. The number of carbonyl (C=O) groups is 1. The highest BCUT2D eigenvalue weighted by Gasteiger charge is 2.32. The molecule has 4 aromatic heterocycles. The van der Waals surface area contributed by atoms with Crippen LogP contribution in [0.2, 0.25) is 0 Å². The lowest BCUT2D eigenvalue weighted by Gasteiger charge is -2.11. The third kappa shape index (κ3) is 4.34. The third-order valence-corrected chi connectivity index (χ3v) is 4.12. The van der Waals surface area contributed by atoms with Crippen molar-refractivity contribution in [3.63, 3.8) is 0 Å². The van der Waals surface area contributed by atoms with Crippen molar-refractivity contribution >= 4 is 28.7 Å². The van der Waals surface area contributed by atoms with Gasteiger partial charge in [0.15, 0.2) is 5.82 Å². The molecule has 11 heteroatoms. The third-order valence-electron chi connectivity index (χ3n) is 4.12. The first-order valence-corrected chi connectivity index (χ1v) is 8.90. The first kappa shape index (κ1) is 20.0. The van der Waals surface area contributed by atoms with Gasteiger partial charge in [0.1, 0.15) is 22.7 Å². The van der Waals surface area contributed by atoms with Crippen molar-refractivity contribution in [2.45, 2.75) is 6.18 Å². The van der Waals surface area contributed by atoms with Crippen LogP contribution < -0.4 is 10.6 Å². The molecule has 2 N–H and O–H groups in total. The average Bonchev–Trinajstić information content (AvgIpc) is 3.22. The number of rotatable bonds is 5. The minimum absolute atomic E-state index is 0.00606. The predicted octanol–water partition coefficient (Wildman–Crippen LogP) is 4.07. The maximum atomic E-state index is 13.0. The quantitative estimate of drug-likeness (QED) is 0.468. The van der Waals surface area contributed by atoms with E-state index in [0.29, 0.717) is 17.0 Å². The maximum Gasteiger partial charge on any atom is 0.433 e. The number of hydrogen-bond acceptors (Lipinski definition) is 6. The van der Waals surface area contributed by atoms with Crippen LogP contribution in [0.4, 0.5) is 30.5 Å². The number of anilines is 3. The molecule has 0 fully saturated rings. The van der Waals surface area contributed by atoms with E-state index in [1.54, 1.807) is 30.5 Å². The van der Waals surface area contributed by atoms with E-state index in [-0.39, 0.29) is 17.3 Å². The van der Waals surface area contributed by atoms with Crippen LogP contribution in [0.3, 0.4) is 0 Å². The number of amides is 1. The molecule has 0 saturated carbocycles. The van der Waals surface area contributed by atoms with Crippen molar-refractivity contribution < 1.29 is 18.0 Å². The molecule has 0 aliphatic carbocycles. The molecule has 4 aromatic rings. The van der Waals surface area contributed by atoms with Gasteiger partial charge in [-0.3, -0.25) is 4.79 Å². The SMILES string of the molecule is C=CC(=O)Nc1cc(Nc2nc(-c3cccc(C(F)(F)F)n3)nn3cccc23)ccn1. The van der Waals surface area contributed by atoms with E-state index in [1.807, 2.05) is 0 Å². The fraction of sp³-hybridized carbons (Fsp3) is 0.0500. The van der Waals surface area contributed by atoms with Crippen molar-refractivity contribution in [2.24, 2.45) is 0 Å². The van der Waals surface area contributed by atoms with Gasteiger partial charge in [0.2, 0.25) is 11.7 Å². The largest absolute Gasteiger partial charge is 0.433 e. The number of fused-ring (bicyclic) bond motifs is 1. The highest BCUT2D eigenvalue weighted by Crippen LogP contribution is 2.29.